The van der Waals surface area contributed by atoms with Crippen LogP contribution in [-0.2, 0) is 21.5 Å². The summed E-state index contributed by atoms with van der Waals surface area (Å²) < 4.78 is 36.2. The van der Waals surface area contributed by atoms with Crippen LogP contribution in [0.5, 0.6) is 5.75 Å². The summed E-state index contributed by atoms with van der Waals surface area (Å²) in [6, 6.07) is 27.5. The Morgan fingerprint density at radius 3 is 2.33 bits per heavy atom. The molecular formula is C34H33FN4O4. The van der Waals surface area contributed by atoms with Crippen LogP contribution in [0, 0.1) is 0 Å². The van der Waals surface area contributed by atoms with Crippen LogP contribution in [0.15, 0.2) is 97.5 Å². The Balaban J connectivity index is 1.25. The number of ether oxygens (including phenoxy) is 3. The van der Waals surface area contributed by atoms with Crippen LogP contribution in [0.1, 0.15) is 34.9 Å². The van der Waals surface area contributed by atoms with E-state index in [-0.39, 0.29) is 6.61 Å². The van der Waals surface area contributed by atoms with Gasteiger partial charge >= 0.3 is 0 Å². The quantitative estimate of drug-likeness (QED) is 0.238. The average Bonchev–Trinajstić information content (AvgIpc) is 3.48. The molecule has 9 heteroatoms. The van der Waals surface area contributed by atoms with E-state index in [1.807, 2.05) is 91.1 Å². The minimum Gasteiger partial charge on any atom is -0.497 e. The first kappa shape index (κ1) is 27.5. The summed E-state index contributed by atoms with van der Waals surface area (Å²) in [5, 5.41) is 15.4. The number of nitrogens with zero attached hydrogens (tertiary/aromatic N) is 3. The monoisotopic (exact) mass is 580 g/mol. The van der Waals surface area contributed by atoms with Crippen molar-refractivity contribution < 1.29 is 23.7 Å². The van der Waals surface area contributed by atoms with Crippen LogP contribution in [0.4, 0.5) is 10.2 Å². The van der Waals surface area contributed by atoms with Crippen molar-refractivity contribution in [3.63, 3.8) is 0 Å². The Hall–Kier alpha value is -4.31. The Morgan fingerprint density at radius 1 is 0.977 bits per heavy atom. The molecule has 4 atom stereocenters. The highest BCUT2D eigenvalue weighted by atomic mass is 19.1. The smallest absolute Gasteiger partial charge is 0.173 e. The number of nitrogens with one attached hydrogen (secondary N) is 1. The molecule has 0 saturated carbocycles. The molecule has 8 nitrogen and oxygen atoms in total. The van der Waals surface area contributed by atoms with Crippen LogP contribution in [0.3, 0.4) is 0 Å². The molecule has 43 heavy (non-hydrogen) atoms. The van der Waals surface area contributed by atoms with E-state index < -0.39 is 30.2 Å². The molecule has 0 unspecified atom stereocenters. The molecule has 0 radical (unpaired) electrons. The molecule has 3 aromatic carbocycles. The van der Waals surface area contributed by atoms with E-state index in [4.69, 9.17) is 14.2 Å². The maximum atomic E-state index is 15.9. The molecule has 220 valence electrons. The molecule has 2 N–H and O–H groups in total. The SMILES string of the molecule is COc1ccc(C(OC[C@H]2O[C@@H](n3cc4c5c(ncnc53)NCCC4)[C@H](F)[C@@H]2O)(c2ccccc2)c2ccccc2)cc1. The normalized spacial score (nSPS) is 21.8. The van der Waals surface area contributed by atoms with Crippen LogP contribution in [-0.4, -0.2) is 58.3 Å². The van der Waals surface area contributed by atoms with E-state index in [9.17, 15) is 5.11 Å². The number of aliphatic hydroxyl groups excluding tert-OH is 1. The van der Waals surface area contributed by atoms with Crippen molar-refractivity contribution in [2.45, 2.75) is 43.1 Å². The lowest BCUT2D eigenvalue weighted by atomic mass is 9.80. The summed E-state index contributed by atoms with van der Waals surface area (Å²) >= 11 is 0. The zero-order valence-electron chi connectivity index (χ0n) is 23.8. The molecule has 7 rings (SSSR count). The summed E-state index contributed by atoms with van der Waals surface area (Å²) in [6.07, 6.45) is 0.00856. The van der Waals surface area contributed by atoms with Gasteiger partial charge in [-0.3, -0.25) is 0 Å². The highest BCUT2D eigenvalue weighted by molar-refractivity contribution is 5.91. The van der Waals surface area contributed by atoms with Gasteiger partial charge in [-0.1, -0.05) is 72.8 Å². The number of benzene rings is 3. The molecule has 1 fully saturated rings. The number of hydrogen-bond donors (Lipinski definition) is 2. The number of aromatic nitrogens is 3. The Morgan fingerprint density at radius 2 is 1.65 bits per heavy atom. The van der Waals surface area contributed by atoms with Gasteiger partial charge in [-0.2, -0.15) is 0 Å². The highest BCUT2D eigenvalue weighted by Crippen LogP contribution is 2.43. The molecule has 1 saturated heterocycles. The number of anilines is 1. The van der Waals surface area contributed by atoms with Gasteiger partial charge < -0.3 is 29.2 Å². The van der Waals surface area contributed by atoms with Gasteiger partial charge in [0.1, 0.15) is 41.4 Å². The topological polar surface area (TPSA) is 90.7 Å². The summed E-state index contributed by atoms with van der Waals surface area (Å²) in [5.41, 5.74) is 3.18. The third kappa shape index (κ3) is 4.74. The lowest BCUT2D eigenvalue weighted by Gasteiger charge is -2.37. The van der Waals surface area contributed by atoms with Gasteiger partial charge in [-0.05, 0) is 47.2 Å². The van der Waals surface area contributed by atoms with Gasteiger partial charge in [0, 0.05) is 12.7 Å². The van der Waals surface area contributed by atoms with Crippen molar-refractivity contribution >= 4 is 16.9 Å². The number of rotatable bonds is 8. The maximum Gasteiger partial charge on any atom is 0.173 e. The zero-order chi connectivity index (χ0) is 29.4. The zero-order valence-corrected chi connectivity index (χ0v) is 23.8. The molecule has 2 aliphatic rings. The number of methoxy groups -OCH3 is 1. The second-order valence-corrected chi connectivity index (χ2v) is 11.0. The number of aliphatic hydroxyl groups is 1. The van der Waals surface area contributed by atoms with Crippen LogP contribution < -0.4 is 10.1 Å². The van der Waals surface area contributed by atoms with Gasteiger partial charge in [0.05, 0.1) is 19.1 Å². The molecule has 0 aliphatic carbocycles. The largest absolute Gasteiger partial charge is 0.497 e. The molecule has 2 aromatic heterocycles. The van der Waals surface area contributed by atoms with E-state index in [0.29, 0.717) is 5.65 Å². The van der Waals surface area contributed by atoms with Gasteiger partial charge in [0.25, 0.3) is 0 Å². The molecule has 4 heterocycles. The lowest BCUT2D eigenvalue weighted by molar-refractivity contribution is -0.0935. The standard InChI is InChI=1S/C34H33FN4O4/c1-41-26-16-14-25(15-17-26)34(23-10-4-2-5-11-23,24-12-6-3-7-13-24)42-20-27-30(40)29(35)33(43-27)39-19-22-9-8-18-36-31-28(22)32(39)38-21-37-31/h2-7,10-17,19,21,27,29-30,33,40H,8-9,18,20H2,1H3,(H,36,37,38)/t27-,29-,30-,33-/m1/s1. The van der Waals surface area contributed by atoms with Gasteiger partial charge in [0.2, 0.25) is 0 Å². The van der Waals surface area contributed by atoms with Crippen molar-refractivity contribution in [3.8, 4) is 5.75 Å². The molecule has 0 bridgehead atoms. The summed E-state index contributed by atoms with van der Waals surface area (Å²) in [6.45, 7) is 0.741. The summed E-state index contributed by atoms with van der Waals surface area (Å²) in [7, 11) is 1.63. The fourth-order valence-electron chi connectivity index (χ4n) is 6.36. The second kappa shape index (κ2) is 11.4. The maximum absolute atomic E-state index is 15.9. The van der Waals surface area contributed by atoms with Crippen molar-refractivity contribution in [1.29, 1.82) is 0 Å². The van der Waals surface area contributed by atoms with Crippen LogP contribution in [0.25, 0.3) is 11.0 Å². The number of aryl methyl sites for hydroxylation is 1. The Labute approximate surface area is 249 Å². The third-order valence-electron chi connectivity index (χ3n) is 8.49. The van der Waals surface area contributed by atoms with Gasteiger partial charge in [-0.15, -0.1) is 0 Å². The summed E-state index contributed by atoms with van der Waals surface area (Å²) in [4.78, 5) is 8.87. The van der Waals surface area contributed by atoms with E-state index >= 15 is 4.39 Å². The van der Waals surface area contributed by atoms with E-state index in [1.54, 1.807) is 11.7 Å². The van der Waals surface area contributed by atoms with E-state index in [0.717, 1.165) is 58.6 Å². The first-order valence-corrected chi connectivity index (χ1v) is 14.6. The number of halogens is 1. The van der Waals surface area contributed by atoms with Crippen LogP contribution >= 0.6 is 0 Å². The first-order chi connectivity index (χ1) is 21.1. The van der Waals surface area contributed by atoms with Crippen molar-refractivity contribution in [1.82, 2.24) is 14.5 Å². The van der Waals surface area contributed by atoms with E-state index in [1.165, 1.54) is 6.33 Å². The highest BCUT2D eigenvalue weighted by Gasteiger charge is 2.48. The Bertz CT molecular complexity index is 1660. The van der Waals surface area contributed by atoms with Crippen molar-refractivity contribution in [2.24, 2.45) is 0 Å². The molecular weight excluding hydrogens is 547 g/mol. The predicted molar refractivity (Wildman–Crippen MR) is 161 cm³/mol. The predicted octanol–water partition coefficient (Wildman–Crippen LogP) is 5.40. The van der Waals surface area contributed by atoms with Gasteiger partial charge in [0.15, 0.2) is 12.4 Å². The lowest BCUT2D eigenvalue weighted by Crippen LogP contribution is -2.39. The summed E-state index contributed by atoms with van der Waals surface area (Å²) in [5.74, 6) is 1.46. The minimum absolute atomic E-state index is 0.0677. The van der Waals surface area contributed by atoms with Gasteiger partial charge in [-0.25, -0.2) is 14.4 Å². The number of hydrogen-bond acceptors (Lipinski definition) is 7. The van der Waals surface area contributed by atoms with Crippen molar-refractivity contribution in [3.05, 3.63) is 120 Å². The number of alkyl halides is 1. The second-order valence-electron chi connectivity index (χ2n) is 11.0. The minimum atomic E-state index is -1.68. The van der Waals surface area contributed by atoms with Crippen LogP contribution in [0.2, 0.25) is 0 Å². The molecule has 0 spiro atoms. The first-order valence-electron chi connectivity index (χ1n) is 14.6. The molecule has 2 aliphatic heterocycles. The van der Waals surface area contributed by atoms with E-state index in [2.05, 4.69) is 15.3 Å². The average molecular weight is 581 g/mol. The fourth-order valence-corrected chi connectivity index (χ4v) is 6.36. The molecule has 0 amide bonds. The fraction of sp³-hybridized carbons (Fsp3) is 0.294. The van der Waals surface area contributed by atoms with Crippen molar-refractivity contribution in [2.75, 3.05) is 25.6 Å². The molecule has 5 aromatic rings. The third-order valence-corrected chi connectivity index (χ3v) is 8.49. The Kier molecular flexibility index (Phi) is 7.30.